The SMILES string of the molecule is CCOC(C)ON=C(Cl)c1ccc([N+](=O)[O-])cc1. The molecule has 1 unspecified atom stereocenters. The summed E-state index contributed by atoms with van der Waals surface area (Å²) in [5.41, 5.74) is 0.526. The summed E-state index contributed by atoms with van der Waals surface area (Å²) in [5, 5.41) is 14.3. The van der Waals surface area contributed by atoms with Gasteiger partial charge >= 0.3 is 0 Å². The highest BCUT2D eigenvalue weighted by Crippen LogP contribution is 2.14. The minimum absolute atomic E-state index is 0.00757. The van der Waals surface area contributed by atoms with Crippen molar-refractivity contribution in [3.63, 3.8) is 0 Å². The summed E-state index contributed by atoms with van der Waals surface area (Å²) in [7, 11) is 0. The summed E-state index contributed by atoms with van der Waals surface area (Å²) < 4.78 is 5.10. The monoisotopic (exact) mass is 272 g/mol. The van der Waals surface area contributed by atoms with Crippen molar-refractivity contribution < 1.29 is 14.5 Å². The minimum Gasteiger partial charge on any atom is -0.362 e. The summed E-state index contributed by atoms with van der Waals surface area (Å²) in [5.74, 6) is 0. The van der Waals surface area contributed by atoms with Crippen LogP contribution >= 0.6 is 11.6 Å². The molecule has 0 bridgehead atoms. The second kappa shape index (κ2) is 6.93. The van der Waals surface area contributed by atoms with Crippen molar-refractivity contribution in [2.75, 3.05) is 6.61 Å². The number of nitrogens with zero attached hydrogens (tertiary/aromatic N) is 2. The van der Waals surface area contributed by atoms with E-state index in [1.54, 1.807) is 6.92 Å². The van der Waals surface area contributed by atoms with Gasteiger partial charge in [0, 0.05) is 31.2 Å². The lowest BCUT2D eigenvalue weighted by molar-refractivity contribution is -0.384. The Morgan fingerprint density at radius 1 is 1.50 bits per heavy atom. The number of rotatable bonds is 6. The highest BCUT2D eigenvalue weighted by molar-refractivity contribution is 6.69. The van der Waals surface area contributed by atoms with E-state index in [9.17, 15) is 10.1 Å². The van der Waals surface area contributed by atoms with E-state index in [2.05, 4.69) is 5.16 Å². The standard InChI is InChI=1S/C11H13ClN2O4/c1-3-17-8(2)18-13-11(12)9-4-6-10(7-5-9)14(15)16/h4-8H,3H2,1-2H3. The molecule has 0 aliphatic rings. The first kappa shape index (κ1) is 14.4. The quantitative estimate of drug-likeness (QED) is 0.345. The van der Waals surface area contributed by atoms with Crippen LogP contribution in [0.3, 0.4) is 0 Å². The number of nitro groups is 1. The fraction of sp³-hybridized carbons (Fsp3) is 0.364. The van der Waals surface area contributed by atoms with E-state index < -0.39 is 11.2 Å². The summed E-state index contributed by atoms with van der Waals surface area (Å²) in [6, 6.07) is 5.69. The van der Waals surface area contributed by atoms with Crippen molar-refractivity contribution in [3.8, 4) is 0 Å². The predicted molar refractivity (Wildman–Crippen MR) is 67.7 cm³/mol. The lowest BCUT2D eigenvalue weighted by atomic mass is 10.2. The minimum atomic E-state index is -0.498. The van der Waals surface area contributed by atoms with Crippen LogP contribution < -0.4 is 0 Å². The molecule has 0 saturated carbocycles. The van der Waals surface area contributed by atoms with Crippen LogP contribution in [0.1, 0.15) is 19.4 Å². The molecule has 1 atom stereocenters. The smallest absolute Gasteiger partial charge is 0.269 e. The van der Waals surface area contributed by atoms with Gasteiger partial charge in [0.2, 0.25) is 6.29 Å². The molecule has 0 amide bonds. The first-order valence-electron chi connectivity index (χ1n) is 5.30. The Balaban J connectivity index is 2.68. The molecule has 0 heterocycles. The van der Waals surface area contributed by atoms with Crippen LogP contribution in [0.5, 0.6) is 0 Å². The third kappa shape index (κ3) is 4.31. The molecule has 1 aromatic carbocycles. The van der Waals surface area contributed by atoms with Gasteiger partial charge in [0.25, 0.3) is 5.69 Å². The molecule has 0 N–H and O–H groups in total. The zero-order valence-corrected chi connectivity index (χ0v) is 10.8. The first-order chi connectivity index (χ1) is 8.54. The number of non-ortho nitro benzene ring substituents is 1. The molecule has 0 radical (unpaired) electrons. The molecule has 0 aliphatic heterocycles. The van der Waals surface area contributed by atoms with Gasteiger partial charge in [-0.25, -0.2) is 0 Å². The Morgan fingerprint density at radius 3 is 2.61 bits per heavy atom. The topological polar surface area (TPSA) is 74.0 Å². The molecular weight excluding hydrogens is 260 g/mol. The number of ether oxygens (including phenoxy) is 1. The maximum absolute atomic E-state index is 10.5. The Kier molecular flexibility index (Phi) is 5.54. The number of hydrogen-bond donors (Lipinski definition) is 0. The van der Waals surface area contributed by atoms with Crippen molar-refractivity contribution in [2.45, 2.75) is 20.1 Å². The van der Waals surface area contributed by atoms with Gasteiger partial charge in [-0.15, -0.1) is 0 Å². The fourth-order valence-corrected chi connectivity index (χ4v) is 1.32. The molecule has 7 heteroatoms. The van der Waals surface area contributed by atoms with Crippen molar-refractivity contribution in [1.29, 1.82) is 0 Å². The number of halogens is 1. The molecule has 18 heavy (non-hydrogen) atoms. The summed E-state index contributed by atoms with van der Waals surface area (Å²) in [4.78, 5) is 15.0. The van der Waals surface area contributed by atoms with E-state index in [1.165, 1.54) is 24.3 Å². The largest absolute Gasteiger partial charge is 0.362 e. The van der Waals surface area contributed by atoms with Gasteiger partial charge in [-0.05, 0) is 19.1 Å². The van der Waals surface area contributed by atoms with Gasteiger partial charge in [-0.3, -0.25) is 10.1 Å². The third-order valence-corrected chi connectivity index (χ3v) is 2.29. The second-order valence-corrected chi connectivity index (χ2v) is 3.67. The van der Waals surface area contributed by atoms with Crippen LogP contribution in [-0.4, -0.2) is 23.0 Å². The molecule has 0 aliphatic carbocycles. The maximum atomic E-state index is 10.5. The number of benzene rings is 1. The molecule has 6 nitrogen and oxygen atoms in total. The van der Waals surface area contributed by atoms with E-state index in [0.717, 1.165) is 0 Å². The van der Waals surface area contributed by atoms with Crippen molar-refractivity contribution >= 4 is 22.5 Å². The highest BCUT2D eigenvalue weighted by Gasteiger charge is 2.07. The van der Waals surface area contributed by atoms with Gasteiger partial charge in [0.05, 0.1) is 4.92 Å². The van der Waals surface area contributed by atoms with Crippen LogP contribution in [0, 0.1) is 10.1 Å². The van der Waals surface area contributed by atoms with E-state index >= 15 is 0 Å². The van der Waals surface area contributed by atoms with Gasteiger partial charge in [-0.1, -0.05) is 16.8 Å². The van der Waals surface area contributed by atoms with Gasteiger partial charge in [-0.2, -0.15) is 0 Å². The van der Waals surface area contributed by atoms with E-state index in [4.69, 9.17) is 21.2 Å². The molecule has 98 valence electrons. The van der Waals surface area contributed by atoms with Crippen LogP contribution in [-0.2, 0) is 9.57 Å². The summed E-state index contributed by atoms with van der Waals surface area (Å²) in [6.45, 7) is 4.03. The fourth-order valence-electron chi connectivity index (χ4n) is 1.16. The molecule has 1 rings (SSSR count). The Hall–Kier alpha value is -1.66. The highest BCUT2D eigenvalue weighted by atomic mass is 35.5. The molecule has 0 aromatic heterocycles. The number of hydrogen-bond acceptors (Lipinski definition) is 5. The molecule has 0 saturated heterocycles. The second-order valence-electron chi connectivity index (χ2n) is 3.31. The maximum Gasteiger partial charge on any atom is 0.269 e. The van der Waals surface area contributed by atoms with Crippen LogP contribution in [0.15, 0.2) is 29.4 Å². The average molecular weight is 273 g/mol. The molecular formula is C11H13ClN2O4. The van der Waals surface area contributed by atoms with Crippen LogP contribution in [0.2, 0.25) is 0 Å². The van der Waals surface area contributed by atoms with Gasteiger partial charge < -0.3 is 9.57 Å². The normalized spacial score (nSPS) is 13.2. The van der Waals surface area contributed by atoms with E-state index in [0.29, 0.717) is 12.2 Å². The van der Waals surface area contributed by atoms with Crippen LogP contribution in [0.4, 0.5) is 5.69 Å². The lowest BCUT2D eigenvalue weighted by Crippen LogP contribution is -2.10. The first-order valence-corrected chi connectivity index (χ1v) is 5.68. The zero-order chi connectivity index (χ0) is 13.5. The van der Waals surface area contributed by atoms with Crippen molar-refractivity contribution in [1.82, 2.24) is 0 Å². The molecule has 1 aromatic rings. The predicted octanol–water partition coefficient (Wildman–Crippen LogP) is 2.89. The van der Waals surface area contributed by atoms with E-state index in [-0.39, 0.29) is 10.9 Å². The third-order valence-electron chi connectivity index (χ3n) is 2.00. The van der Waals surface area contributed by atoms with Gasteiger partial charge in [0.1, 0.15) is 0 Å². The van der Waals surface area contributed by atoms with Crippen molar-refractivity contribution in [3.05, 3.63) is 39.9 Å². The van der Waals surface area contributed by atoms with E-state index in [1.807, 2.05) is 6.92 Å². The molecule has 0 fully saturated rings. The van der Waals surface area contributed by atoms with Crippen molar-refractivity contribution in [2.24, 2.45) is 5.16 Å². The zero-order valence-electron chi connectivity index (χ0n) is 10.00. The lowest BCUT2D eigenvalue weighted by Gasteiger charge is -2.08. The molecule has 0 spiro atoms. The summed E-state index contributed by atoms with van der Waals surface area (Å²) in [6.07, 6.45) is -0.498. The Labute approximate surface area is 109 Å². The van der Waals surface area contributed by atoms with Crippen LogP contribution in [0.25, 0.3) is 0 Å². The van der Waals surface area contributed by atoms with Gasteiger partial charge in [0.15, 0.2) is 5.17 Å². The Bertz CT molecular complexity index is 433. The average Bonchev–Trinajstić information content (AvgIpc) is 2.36. The number of nitro benzene ring substituents is 1. The summed E-state index contributed by atoms with van der Waals surface area (Å²) >= 11 is 5.88. The Morgan fingerprint density at radius 2 is 2.11 bits per heavy atom. The number of oxime groups is 1.